The number of esters is 1. The third-order valence-electron chi connectivity index (χ3n) is 6.18. The third-order valence-corrected chi connectivity index (χ3v) is 6.47. The normalized spacial score (nSPS) is 23.5. The van der Waals surface area contributed by atoms with E-state index < -0.39 is 0 Å². The highest BCUT2D eigenvalue weighted by Crippen LogP contribution is 2.38. The summed E-state index contributed by atoms with van der Waals surface area (Å²) in [5, 5.41) is 0.0921. The fourth-order valence-electron chi connectivity index (χ4n) is 4.49. The molecule has 1 aromatic heterocycles. The van der Waals surface area contributed by atoms with Crippen molar-refractivity contribution in [1.82, 2.24) is 9.97 Å². The summed E-state index contributed by atoms with van der Waals surface area (Å²) in [6.07, 6.45) is 5.72. The number of nitrogens with zero attached hydrogens (tertiary/aromatic N) is 3. The number of methoxy groups -OCH3 is 1. The number of amides is 1. The predicted octanol–water partition coefficient (Wildman–Crippen LogP) is 4.39. The highest BCUT2D eigenvalue weighted by molar-refractivity contribution is 6.33. The summed E-state index contributed by atoms with van der Waals surface area (Å²) in [5.41, 5.74) is 2.24. The average Bonchev–Trinajstić information content (AvgIpc) is 2.90. The van der Waals surface area contributed by atoms with Gasteiger partial charge in [-0.05, 0) is 62.1 Å². The molecule has 1 aliphatic carbocycles. The maximum Gasteiger partial charge on any atom is 0.305 e. The Labute approximate surface area is 186 Å². The molecule has 1 atom stereocenters. The van der Waals surface area contributed by atoms with Crippen molar-refractivity contribution >= 4 is 29.2 Å². The Morgan fingerprint density at radius 1 is 1.19 bits per heavy atom. The molecule has 31 heavy (non-hydrogen) atoms. The van der Waals surface area contributed by atoms with E-state index in [4.69, 9.17) is 21.1 Å². The Hall–Kier alpha value is -2.67. The Bertz CT molecular complexity index is 958. The van der Waals surface area contributed by atoms with Crippen molar-refractivity contribution in [3.8, 4) is 5.88 Å². The van der Waals surface area contributed by atoms with Crippen molar-refractivity contribution in [3.05, 3.63) is 46.9 Å². The van der Waals surface area contributed by atoms with Crippen LogP contribution in [0.15, 0.2) is 30.6 Å². The molecule has 0 spiro atoms. The standard InChI is InChI=1S/C23H26ClN3O4/c1-14-12-27(23(29)20-21(24)25-13-26-22(20)31-14)18-9-7-17(8-10-18)16-5-3-15(4-6-16)11-19(28)30-2/h7-10,13-16H,3-6,11-12H2,1-2H3/t14-,15?,16?/m1/s1. The number of carbonyl (C=O) groups is 2. The van der Waals surface area contributed by atoms with Crippen LogP contribution in [0.1, 0.15) is 60.9 Å². The van der Waals surface area contributed by atoms with E-state index in [-0.39, 0.29) is 34.6 Å². The first kappa shape index (κ1) is 21.6. The highest BCUT2D eigenvalue weighted by atomic mass is 35.5. The molecular formula is C23H26ClN3O4. The number of hydrogen-bond acceptors (Lipinski definition) is 6. The van der Waals surface area contributed by atoms with E-state index in [2.05, 4.69) is 22.1 Å². The zero-order valence-electron chi connectivity index (χ0n) is 17.7. The number of carbonyl (C=O) groups excluding carboxylic acids is 2. The summed E-state index contributed by atoms with van der Waals surface area (Å²) in [6.45, 7) is 2.29. The van der Waals surface area contributed by atoms with Gasteiger partial charge in [-0.1, -0.05) is 23.7 Å². The van der Waals surface area contributed by atoms with Crippen molar-refractivity contribution < 1.29 is 19.1 Å². The van der Waals surface area contributed by atoms with Gasteiger partial charge in [-0.25, -0.2) is 9.97 Å². The maximum absolute atomic E-state index is 13.2. The Balaban J connectivity index is 1.48. The molecule has 1 aliphatic heterocycles. The first-order valence-corrected chi connectivity index (χ1v) is 11.0. The van der Waals surface area contributed by atoms with Crippen LogP contribution in [0.4, 0.5) is 5.69 Å². The molecule has 0 N–H and O–H groups in total. The van der Waals surface area contributed by atoms with E-state index >= 15 is 0 Å². The van der Waals surface area contributed by atoms with Crippen LogP contribution in [0.3, 0.4) is 0 Å². The number of rotatable bonds is 4. The van der Waals surface area contributed by atoms with Crippen LogP contribution in [-0.2, 0) is 9.53 Å². The number of benzene rings is 1. The van der Waals surface area contributed by atoms with Crippen molar-refractivity contribution in [2.45, 2.75) is 51.0 Å². The van der Waals surface area contributed by atoms with Gasteiger partial charge in [0.2, 0.25) is 5.88 Å². The summed E-state index contributed by atoms with van der Waals surface area (Å²) in [4.78, 5) is 34.4. The molecule has 164 valence electrons. The maximum atomic E-state index is 13.2. The number of aromatic nitrogens is 2. The zero-order chi connectivity index (χ0) is 22.0. The van der Waals surface area contributed by atoms with Crippen molar-refractivity contribution in [1.29, 1.82) is 0 Å². The summed E-state index contributed by atoms with van der Waals surface area (Å²) in [5.74, 6) is 0.710. The van der Waals surface area contributed by atoms with Gasteiger partial charge in [0.1, 0.15) is 23.1 Å². The van der Waals surface area contributed by atoms with Crippen LogP contribution in [0.25, 0.3) is 0 Å². The van der Waals surface area contributed by atoms with Crippen molar-refractivity contribution in [2.24, 2.45) is 5.92 Å². The molecule has 4 rings (SSSR count). The molecule has 1 fully saturated rings. The van der Waals surface area contributed by atoms with E-state index in [1.54, 1.807) is 4.90 Å². The third kappa shape index (κ3) is 4.66. The van der Waals surface area contributed by atoms with Gasteiger partial charge in [-0.15, -0.1) is 0 Å². The minimum atomic E-state index is -0.263. The molecule has 1 amide bonds. The predicted molar refractivity (Wildman–Crippen MR) is 117 cm³/mol. The van der Waals surface area contributed by atoms with Crippen molar-refractivity contribution in [2.75, 3.05) is 18.6 Å². The molecule has 1 aromatic carbocycles. The minimum absolute atomic E-state index is 0.0921. The Kier molecular flexibility index (Phi) is 6.41. The lowest BCUT2D eigenvalue weighted by Crippen LogP contribution is -2.36. The van der Waals surface area contributed by atoms with E-state index in [0.717, 1.165) is 31.4 Å². The van der Waals surface area contributed by atoms with Gasteiger partial charge in [-0.2, -0.15) is 0 Å². The molecule has 2 aromatic rings. The molecule has 0 unspecified atom stereocenters. The molecule has 2 aliphatic rings. The SMILES string of the molecule is COC(=O)CC1CCC(c2ccc(N3C[C@@H](C)Oc4ncnc(Cl)c4C3=O)cc2)CC1. The summed E-state index contributed by atoms with van der Waals surface area (Å²) in [6, 6.07) is 8.13. The summed E-state index contributed by atoms with van der Waals surface area (Å²) >= 11 is 6.18. The summed E-state index contributed by atoms with van der Waals surface area (Å²) < 4.78 is 10.6. The second-order valence-corrected chi connectivity index (χ2v) is 8.64. The van der Waals surface area contributed by atoms with Crippen LogP contribution in [0.5, 0.6) is 5.88 Å². The quantitative estimate of drug-likeness (QED) is 0.514. The summed E-state index contributed by atoms with van der Waals surface area (Å²) in [7, 11) is 1.44. The lowest BCUT2D eigenvalue weighted by Gasteiger charge is -2.29. The fraction of sp³-hybridized carbons (Fsp3) is 0.478. The number of ether oxygens (including phenoxy) is 2. The highest BCUT2D eigenvalue weighted by Gasteiger charge is 2.32. The lowest BCUT2D eigenvalue weighted by atomic mass is 9.77. The van der Waals surface area contributed by atoms with Crippen LogP contribution in [0.2, 0.25) is 5.15 Å². The Morgan fingerprint density at radius 2 is 1.90 bits per heavy atom. The molecule has 0 bridgehead atoms. The molecule has 8 heteroatoms. The number of anilines is 1. The minimum Gasteiger partial charge on any atom is -0.472 e. The molecule has 0 saturated heterocycles. The first-order valence-electron chi connectivity index (χ1n) is 10.6. The molecule has 7 nitrogen and oxygen atoms in total. The van der Waals surface area contributed by atoms with Crippen molar-refractivity contribution in [3.63, 3.8) is 0 Å². The van der Waals surface area contributed by atoms with E-state index in [9.17, 15) is 9.59 Å². The Morgan fingerprint density at radius 3 is 2.58 bits per heavy atom. The monoisotopic (exact) mass is 443 g/mol. The zero-order valence-corrected chi connectivity index (χ0v) is 18.5. The molecule has 2 heterocycles. The largest absolute Gasteiger partial charge is 0.472 e. The number of fused-ring (bicyclic) bond motifs is 1. The van der Waals surface area contributed by atoms with Gasteiger partial charge in [0.25, 0.3) is 5.91 Å². The van der Waals surface area contributed by atoms with Gasteiger partial charge in [-0.3, -0.25) is 9.59 Å². The molecule has 1 saturated carbocycles. The second kappa shape index (κ2) is 9.22. The topological polar surface area (TPSA) is 81.6 Å². The van der Waals surface area contributed by atoms with Crippen LogP contribution in [-0.4, -0.2) is 41.6 Å². The molecular weight excluding hydrogens is 418 g/mol. The fourth-order valence-corrected chi connectivity index (χ4v) is 4.69. The van der Waals surface area contributed by atoms with Gasteiger partial charge in [0.05, 0.1) is 13.7 Å². The van der Waals surface area contributed by atoms with Crippen LogP contribution >= 0.6 is 11.6 Å². The van der Waals surface area contributed by atoms with Gasteiger partial charge >= 0.3 is 5.97 Å². The average molecular weight is 444 g/mol. The number of hydrogen-bond donors (Lipinski definition) is 0. The van der Waals surface area contributed by atoms with Gasteiger partial charge in [0, 0.05) is 12.1 Å². The first-order chi connectivity index (χ1) is 15.0. The van der Waals surface area contributed by atoms with Gasteiger partial charge < -0.3 is 14.4 Å². The van der Waals surface area contributed by atoms with Crippen LogP contribution in [0, 0.1) is 5.92 Å². The van der Waals surface area contributed by atoms with E-state index in [1.807, 2.05) is 19.1 Å². The van der Waals surface area contributed by atoms with E-state index in [1.165, 1.54) is 19.0 Å². The smallest absolute Gasteiger partial charge is 0.305 e. The number of halogens is 1. The van der Waals surface area contributed by atoms with E-state index in [0.29, 0.717) is 24.8 Å². The van der Waals surface area contributed by atoms with Crippen LogP contribution < -0.4 is 9.64 Å². The van der Waals surface area contributed by atoms with Gasteiger partial charge in [0.15, 0.2) is 0 Å². The lowest BCUT2D eigenvalue weighted by molar-refractivity contribution is -0.142. The molecule has 0 radical (unpaired) electrons. The second-order valence-electron chi connectivity index (χ2n) is 8.28.